The van der Waals surface area contributed by atoms with Crippen LogP contribution in [0.15, 0.2) is 48.5 Å². The number of nitrogens with two attached hydrogens (primary N) is 1. The highest BCUT2D eigenvalue weighted by molar-refractivity contribution is 5.81. The van der Waals surface area contributed by atoms with E-state index < -0.39 is 0 Å². The highest BCUT2D eigenvalue weighted by atomic mass is 14.8. The topological polar surface area (TPSA) is 62.7 Å². The molecule has 2 aromatic carbocycles. The predicted molar refractivity (Wildman–Crippen MR) is 108 cm³/mol. The fourth-order valence-corrected chi connectivity index (χ4v) is 3.11. The summed E-state index contributed by atoms with van der Waals surface area (Å²) in [6.45, 7) is 8.45. The molecule has 0 spiro atoms. The molecule has 0 radical (unpaired) electrons. The van der Waals surface area contributed by atoms with E-state index in [-0.39, 0.29) is 5.82 Å². The van der Waals surface area contributed by atoms with Crippen LogP contribution in [-0.2, 0) is 0 Å². The summed E-state index contributed by atoms with van der Waals surface area (Å²) >= 11 is 0. The minimum atomic E-state index is 0.272. The average molecular weight is 341 g/mol. The van der Waals surface area contributed by atoms with Crippen molar-refractivity contribution in [2.75, 3.05) is 5.73 Å². The summed E-state index contributed by atoms with van der Waals surface area (Å²) in [5.74, 6) is 0.737. The van der Waals surface area contributed by atoms with Crippen molar-refractivity contribution in [2.45, 2.75) is 33.6 Å². The van der Waals surface area contributed by atoms with E-state index in [1.54, 1.807) is 0 Å². The summed E-state index contributed by atoms with van der Waals surface area (Å²) in [5, 5.41) is 9.59. The molecule has 0 unspecified atom stereocenters. The van der Waals surface area contributed by atoms with Crippen molar-refractivity contribution in [3.05, 3.63) is 70.8 Å². The van der Waals surface area contributed by atoms with Crippen LogP contribution in [0.3, 0.4) is 0 Å². The number of aromatic nitrogens is 1. The van der Waals surface area contributed by atoms with E-state index in [0.717, 1.165) is 33.5 Å². The maximum atomic E-state index is 9.59. The van der Waals surface area contributed by atoms with Crippen molar-refractivity contribution in [2.24, 2.45) is 0 Å². The highest BCUT2D eigenvalue weighted by Gasteiger charge is 2.15. The van der Waals surface area contributed by atoms with E-state index in [1.807, 2.05) is 6.07 Å². The first-order chi connectivity index (χ1) is 12.4. The molecule has 0 bridgehead atoms. The van der Waals surface area contributed by atoms with Crippen molar-refractivity contribution in [1.29, 1.82) is 5.26 Å². The number of nitriles is 1. The van der Waals surface area contributed by atoms with Crippen molar-refractivity contribution >= 4 is 5.82 Å². The van der Waals surface area contributed by atoms with E-state index in [2.05, 4.69) is 81.2 Å². The molecule has 3 aromatic rings. The SMILES string of the molecule is Cc1ccc(C)c(-c2cc(-c3ccc(C(C)C)cc3)c(C#N)c(N)n2)c1. The number of aryl methyl sites for hydroxylation is 2. The van der Waals surface area contributed by atoms with Gasteiger partial charge in [0.15, 0.2) is 0 Å². The van der Waals surface area contributed by atoms with Crippen LogP contribution in [0.5, 0.6) is 0 Å². The number of nitrogen functional groups attached to an aromatic ring is 1. The molecule has 0 aliphatic carbocycles. The number of rotatable bonds is 3. The third-order valence-corrected chi connectivity index (χ3v) is 4.72. The molecular formula is C23H23N3. The Hall–Kier alpha value is -3.12. The van der Waals surface area contributed by atoms with Gasteiger partial charge in [-0.1, -0.05) is 55.8 Å². The Morgan fingerprint density at radius 1 is 0.962 bits per heavy atom. The monoisotopic (exact) mass is 341 g/mol. The standard InChI is InChI=1S/C23H23N3/c1-14(2)17-7-9-18(10-8-17)20-12-22(26-23(25)21(20)13-24)19-11-15(3)5-6-16(19)4/h5-12,14H,1-4H3,(H2,25,26). The normalized spacial score (nSPS) is 10.8. The van der Waals surface area contributed by atoms with Crippen LogP contribution >= 0.6 is 0 Å². The van der Waals surface area contributed by atoms with Gasteiger partial charge >= 0.3 is 0 Å². The molecule has 3 rings (SSSR count). The van der Waals surface area contributed by atoms with Crippen LogP contribution in [0.1, 0.15) is 42.0 Å². The minimum absolute atomic E-state index is 0.272. The third-order valence-electron chi connectivity index (χ3n) is 4.72. The second kappa shape index (κ2) is 7.01. The summed E-state index contributed by atoms with van der Waals surface area (Å²) in [6, 6.07) is 18.8. The van der Waals surface area contributed by atoms with Gasteiger partial charge in [0.05, 0.1) is 5.69 Å². The Balaban J connectivity index is 2.20. The zero-order chi connectivity index (χ0) is 18.8. The Morgan fingerprint density at radius 3 is 2.27 bits per heavy atom. The minimum Gasteiger partial charge on any atom is -0.383 e. The number of hydrogen-bond acceptors (Lipinski definition) is 3. The van der Waals surface area contributed by atoms with Crippen LogP contribution in [-0.4, -0.2) is 4.98 Å². The van der Waals surface area contributed by atoms with Crippen molar-refractivity contribution in [1.82, 2.24) is 4.98 Å². The van der Waals surface area contributed by atoms with Gasteiger partial charge in [-0.3, -0.25) is 0 Å². The first-order valence-corrected chi connectivity index (χ1v) is 8.79. The van der Waals surface area contributed by atoms with Gasteiger partial charge in [-0.15, -0.1) is 0 Å². The fourth-order valence-electron chi connectivity index (χ4n) is 3.11. The van der Waals surface area contributed by atoms with Gasteiger partial charge in [-0.05, 0) is 48.6 Å². The molecule has 0 saturated carbocycles. The predicted octanol–water partition coefficient (Wildman–Crippen LogP) is 5.61. The van der Waals surface area contributed by atoms with Gasteiger partial charge in [0.2, 0.25) is 0 Å². The third kappa shape index (κ3) is 3.32. The molecule has 0 aliphatic rings. The number of nitrogens with zero attached hydrogens (tertiary/aromatic N) is 2. The summed E-state index contributed by atoms with van der Waals surface area (Å²) in [6.07, 6.45) is 0. The van der Waals surface area contributed by atoms with E-state index >= 15 is 0 Å². The maximum Gasteiger partial charge on any atom is 0.142 e. The summed E-state index contributed by atoms with van der Waals surface area (Å²) in [7, 11) is 0. The van der Waals surface area contributed by atoms with Gasteiger partial charge in [0.25, 0.3) is 0 Å². The van der Waals surface area contributed by atoms with E-state index in [4.69, 9.17) is 5.73 Å². The quantitative estimate of drug-likeness (QED) is 0.673. The average Bonchev–Trinajstić information content (AvgIpc) is 2.63. The van der Waals surface area contributed by atoms with Crippen LogP contribution < -0.4 is 5.73 Å². The number of benzene rings is 2. The smallest absolute Gasteiger partial charge is 0.142 e. The Kier molecular flexibility index (Phi) is 4.77. The second-order valence-electron chi connectivity index (χ2n) is 7.02. The van der Waals surface area contributed by atoms with E-state index in [0.29, 0.717) is 11.5 Å². The van der Waals surface area contributed by atoms with Gasteiger partial charge in [-0.2, -0.15) is 5.26 Å². The van der Waals surface area contributed by atoms with Crippen molar-refractivity contribution < 1.29 is 0 Å². The molecule has 0 atom stereocenters. The van der Waals surface area contributed by atoms with Gasteiger partial charge in [0, 0.05) is 11.1 Å². The Morgan fingerprint density at radius 2 is 1.65 bits per heavy atom. The zero-order valence-electron chi connectivity index (χ0n) is 15.7. The van der Waals surface area contributed by atoms with Crippen molar-refractivity contribution in [3.8, 4) is 28.5 Å². The molecule has 3 nitrogen and oxygen atoms in total. The molecule has 0 saturated heterocycles. The molecule has 3 heteroatoms. The molecule has 1 heterocycles. The lowest BCUT2D eigenvalue weighted by molar-refractivity contribution is 0.867. The molecule has 130 valence electrons. The first-order valence-electron chi connectivity index (χ1n) is 8.79. The van der Waals surface area contributed by atoms with Crippen LogP contribution in [0, 0.1) is 25.2 Å². The fraction of sp³-hybridized carbons (Fsp3) is 0.217. The lowest BCUT2D eigenvalue weighted by atomic mass is 9.94. The molecule has 0 fully saturated rings. The van der Waals surface area contributed by atoms with E-state index in [1.165, 1.54) is 5.56 Å². The molecule has 26 heavy (non-hydrogen) atoms. The van der Waals surface area contributed by atoms with Crippen LogP contribution in [0.2, 0.25) is 0 Å². The van der Waals surface area contributed by atoms with Gasteiger partial charge in [0.1, 0.15) is 17.5 Å². The van der Waals surface area contributed by atoms with Gasteiger partial charge < -0.3 is 5.73 Å². The molecule has 0 amide bonds. The summed E-state index contributed by atoms with van der Waals surface area (Å²) in [5.41, 5.74) is 13.8. The second-order valence-corrected chi connectivity index (χ2v) is 7.02. The maximum absolute atomic E-state index is 9.59. The van der Waals surface area contributed by atoms with Gasteiger partial charge in [-0.25, -0.2) is 4.98 Å². The first kappa shape index (κ1) is 17.7. The van der Waals surface area contributed by atoms with Crippen LogP contribution in [0.25, 0.3) is 22.4 Å². The lowest BCUT2D eigenvalue weighted by Crippen LogP contribution is -2.00. The lowest BCUT2D eigenvalue weighted by Gasteiger charge is -2.13. The highest BCUT2D eigenvalue weighted by Crippen LogP contribution is 2.33. The summed E-state index contributed by atoms with van der Waals surface area (Å²) < 4.78 is 0. The molecule has 0 aliphatic heterocycles. The number of hydrogen-bond donors (Lipinski definition) is 1. The molecule has 2 N–H and O–H groups in total. The van der Waals surface area contributed by atoms with E-state index in [9.17, 15) is 5.26 Å². The molecule has 1 aromatic heterocycles. The summed E-state index contributed by atoms with van der Waals surface area (Å²) in [4.78, 5) is 4.50. The molecular weight excluding hydrogens is 318 g/mol. The Labute approximate surface area is 155 Å². The largest absolute Gasteiger partial charge is 0.383 e. The van der Waals surface area contributed by atoms with Crippen molar-refractivity contribution in [3.63, 3.8) is 0 Å². The van der Waals surface area contributed by atoms with Crippen LogP contribution in [0.4, 0.5) is 5.82 Å². The number of anilines is 1. The zero-order valence-corrected chi connectivity index (χ0v) is 15.7. The number of pyridine rings is 1. The Bertz CT molecular complexity index is 993.